The highest BCUT2D eigenvalue weighted by molar-refractivity contribution is 5.35. The SMILES string of the molecule is NCC(CO)Cc1ccc(O)c(CO)c1. The zero-order valence-corrected chi connectivity index (χ0v) is 8.56. The Balaban J connectivity index is 2.77. The van der Waals surface area contributed by atoms with Crippen LogP contribution < -0.4 is 5.73 Å². The van der Waals surface area contributed by atoms with Crippen LogP contribution in [0.4, 0.5) is 0 Å². The summed E-state index contributed by atoms with van der Waals surface area (Å²) in [4.78, 5) is 0. The van der Waals surface area contributed by atoms with Crippen LogP contribution in [0.1, 0.15) is 11.1 Å². The number of rotatable bonds is 5. The predicted octanol–water partition coefficient (Wildman–Crippen LogP) is -0.00580. The van der Waals surface area contributed by atoms with Gasteiger partial charge >= 0.3 is 0 Å². The Kier molecular flexibility index (Phi) is 4.55. The van der Waals surface area contributed by atoms with Gasteiger partial charge < -0.3 is 21.1 Å². The molecule has 5 N–H and O–H groups in total. The fourth-order valence-electron chi connectivity index (χ4n) is 1.45. The van der Waals surface area contributed by atoms with Gasteiger partial charge in [-0.05, 0) is 36.6 Å². The molecule has 0 fully saturated rings. The first-order valence-corrected chi connectivity index (χ1v) is 4.93. The highest BCUT2D eigenvalue weighted by atomic mass is 16.3. The molecule has 0 aliphatic heterocycles. The van der Waals surface area contributed by atoms with E-state index in [0.29, 0.717) is 18.5 Å². The third-order valence-corrected chi connectivity index (χ3v) is 2.43. The van der Waals surface area contributed by atoms with Gasteiger partial charge in [-0.1, -0.05) is 6.07 Å². The maximum atomic E-state index is 9.35. The third kappa shape index (κ3) is 3.20. The number of aliphatic hydroxyl groups excluding tert-OH is 2. The second-order valence-electron chi connectivity index (χ2n) is 3.61. The zero-order valence-electron chi connectivity index (χ0n) is 8.56. The first-order valence-electron chi connectivity index (χ1n) is 4.93. The summed E-state index contributed by atoms with van der Waals surface area (Å²) in [5, 5.41) is 27.3. The van der Waals surface area contributed by atoms with E-state index in [1.165, 1.54) is 0 Å². The van der Waals surface area contributed by atoms with Crippen molar-refractivity contribution in [2.24, 2.45) is 11.7 Å². The van der Waals surface area contributed by atoms with Crippen molar-refractivity contribution >= 4 is 0 Å². The first kappa shape index (κ1) is 12.0. The van der Waals surface area contributed by atoms with E-state index in [4.69, 9.17) is 15.9 Å². The average Bonchev–Trinajstić information content (AvgIpc) is 2.28. The summed E-state index contributed by atoms with van der Waals surface area (Å²) in [7, 11) is 0. The molecule has 4 heteroatoms. The van der Waals surface area contributed by atoms with Crippen molar-refractivity contribution < 1.29 is 15.3 Å². The van der Waals surface area contributed by atoms with Gasteiger partial charge in [0, 0.05) is 12.2 Å². The summed E-state index contributed by atoms with van der Waals surface area (Å²) in [5.74, 6) is 0.121. The van der Waals surface area contributed by atoms with Crippen LogP contribution in [0, 0.1) is 5.92 Å². The smallest absolute Gasteiger partial charge is 0.121 e. The van der Waals surface area contributed by atoms with Gasteiger partial charge in [-0.2, -0.15) is 0 Å². The van der Waals surface area contributed by atoms with Gasteiger partial charge in [0.15, 0.2) is 0 Å². The van der Waals surface area contributed by atoms with Crippen molar-refractivity contribution in [3.63, 3.8) is 0 Å². The molecule has 0 saturated heterocycles. The third-order valence-electron chi connectivity index (χ3n) is 2.43. The van der Waals surface area contributed by atoms with Crippen LogP contribution in [-0.4, -0.2) is 28.5 Å². The molecule has 0 amide bonds. The van der Waals surface area contributed by atoms with E-state index in [1.807, 2.05) is 0 Å². The van der Waals surface area contributed by atoms with E-state index in [0.717, 1.165) is 5.56 Å². The average molecular weight is 211 g/mol. The van der Waals surface area contributed by atoms with Crippen LogP contribution in [0.15, 0.2) is 18.2 Å². The summed E-state index contributed by atoms with van der Waals surface area (Å²) in [6.45, 7) is 0.282. The van der Waals surface area contributed by atoms with Gasteiger partial charge in [0.1, 0.15) is 5.75 Å². The zero-order chi connectivity index (χ0) is 11.3. The maximum absolute atomic E-state index is 9.35. The van der Waals surface area contributed by atoms with Gasteiger partial charge in [0.25, 0.3) is 0 Å². The minimum atomic E-state index is -0.188. The molecule has 15 heavy (non-hydrogen) atoms. The molecular weight excluding hydrogens is 194 g/mol. The summed E-state index contributed by atoms with van der Waals surface area (Å²) in [6, 6.07) is 5.05. The standard InChI is InChI=1S/C11H17NO3/c12-5-9(6-13)3-8-1-2-11(15)10(4-8)7-14/h1-2,4,9,13-15H,3,5-7,12H2. The molecule has 1 aromatic rings. The second-order valence-corrected chi connectivity index (χ2v) is 3.61. The fraction of sp³-hybridized carbons (Fsp3) is 0.455. The summed E-state index contributed by atoms with van der Waals surface area (Å²) in [5.41, 5.74) is 6.93. The molecule has 0 spiro atoms. The van der Waals surface area contributed by atoms with E-state index < -0.39 is 0 Å². The van der Waals surface area contributed by atoms with E-state index >= 15 is 0 Å². The molecule has 0 heterocycles. The number of aliphatic hydroxyl groups is 2. The number of hydrogen-bond acceptors (Lipinski definition) is 4. The Bertz CT molecular complexity index is 311. The van der Waals surface area contributed by atoms with Crippen molar-refractivity contribution in [3.05, 3.63) is 29.3 Å². The van der Waals surface area contributed by atoms with Gasteiger partial charge in [-0.15, -0.1) is 0 Å². The molecule has 84 valence electrons. The summed E-state index contributed by atoms with van der Waals surface area (Å²) >= 11 is 0. The van der Waals surface area contributed by atoms with Crippen LogP contribution in [0.3, 0.4) is 0 Å². The molecule has 0 radical (unpaired) electrons. The van der Waals surface area contributed by atoms with Gasteiger partial charge in [-0.3, -0.25) is 0 Å². The number of benzene rings is 1. The highest BCUT2D eigenvalue weighted by Gasteiger charge is 2.08. The molecule has 0 bridgehead atoms. The lowest BCUT2D eigenvalue weighted by atomic mass is 9.98. The first-order chi connectivity index (χ1) is 7.21. The number of phenols is 1. The van der Waals surface area contributed by atoms with E-state index in [-0.39, 0.29) is 24.9 Å². The lowest BCUT2D eigenvalue weighted by Gasteiger charge is -2.12. The molecule has 0 aliphatic carbocycles. The van der Waals surface area contributed by atoms with Crippen molar-refractivity contribution in [2.75, 3.05) is 13.2 Å². The van der Waals surface area contributed by atoms with Gasteiger partial charge in [-0.25, -0.2) is 0 Å². The predicted molar refractivity (Wildman–Crippen MR) is 57.4 cm³/mol. The number of aromatic hydroxyl groups is 1. The molecule has 1 rings (SSSR count). The molecule has 0 aliphatic rings. The molecule has 0 saturated carbocycles. The quantitative estimate of drug-likeness (QED) is 0.552. The molecule has 1 unspecified atom stereocenters. The minimum Gasteiger partial charge on any atom is -0.508 e. The molecule has 1 atom stereocenters. The molecular formula is C11H17NO3. The normalized spacial score (nSPS) is 12.7. The molecule has 1 aromatic carbocycles. The van der Waals surface area contributed by atoms with Crippen molar-refractivity contribution in [1.29, 1.82) is 0 Å². The van der Waals surface area contributed by atoms with Gasteiger partial charge in [0.05, 0.1) is 6.61 Å². The van der Waals surface area contributed by atoms with E-state index in [9.17, 15) is 5.11 Å². The Labute approximate surface area is 89.0 Å². The highest BCUT2D eigenvalue weighted by Crippen LogP contribution is 2.20. The monoisotopic (exact) mass is 211 g/mol. The Morgan fingerprint density at radius 3 is 2.53 bits per heavy atom. The Morgan fingerprint density at radius 1 is 1.27 bits per heavy atom. The van der Waals surface area contributed by atoms with Crippen LogP contribution in [-0.2, 0) is 13.0 Å². The molecule has 0 aromatic heterocycles. The van der Waals surface area contributed by atoms with Crippen LogP contribution in [0.25, 0.3) is 0 Å². The number of nitrogens with two attached hydrogens (primary N) is 1. The topological polar surface area (TPSA) is 86.7 Å². The minimum absolute atomic E-state index is 0.0288. The van der Waals surface area contributed by atoms with Gasteiger partial charge in [0.2, 0.25) is 0 Å². The largest absolute Gasteiger partial charge is 0.508 e. The second kappa shape index (κ2) is 5.70. The lowest BCUT2D eigenvalue weighted by Crippen LogP contribution is -2.20. The summed E-state index contributed by atoms with van der Waals surface area (Å²) < 4.78 is 0. The summed E-state index contributed by atoms with van der Waals surface area (Å²) in [6.07, 6.45) is 0.653. The van der Waals surface area contributed by atoms with E-state index in [2.05, 4.69) is 0 Å². The van der Waals surface area contributed by atoms with Crippen molar-refractivity contribution in [1.82, 2.24) is 0 Å². The Morgan fingerprint density at radius 2 is 2.00 bits per heavy atom. The van der Waals surface area contributed by atoms with Crippen LogP contribution in [0.2, 0.25) is 0 Å². The fourth-order valence-corrected chi connectivity index (χ4v) is 1.45. The molecule has 4 nitrogen and oxygen atoms in total. The maximum Gasteiger partial charge on any atom is 0.121 e. The Hall–Kier alpha value is -1.10. The van der Waals surface area contributed by atoms with Crippen LogP contribution >= 0.6 is 0 Å². The lowest BCUT2D eigenvalue weighted by molar-refractivity contribution is 0.229. The van der Waals surface area contributed by atoms with Crippen LogP contribution in [0.5, 0.6) is 5.75 Å². The van der Waals surface area contributed by atoms with E-state index in [1.54, 1.807) is 18.2 Å². The van der Waals surface area contributed by atoms with Crippen molar-refractivity contribution in [3.8, 4) is 5.75 Å². The number of hydrogen-bond donors (Lipinski definition) is 4. The van der Waals surface area contributed by atoms with Crippen molar-refractivity contribution in [2.45, 2.75) is 13.0 Å².